The molecule has 28 heavy (non-hydrogen) atoms. The van der Waals surface area contributed by atoms with Crippen molar-refractivity contribution in [2.24, 2.45) is 0 Å². The standard InChI is InChI=1S/C24H38N2.2BrH/c1-3-5-6-7-8-9-10-11-12-13-18-26-21-16-24(17-22-26)23-14-19-25(4-2)20-15-23;;/h14-17,19-22H,3-13,18H2,1-2H3;2*1H/q+2;;/p-2. The first-order valence-electron chi connectivity index (χ1n) is 10.8. The first-order chi connectivity index (χ1) is 12.8. The lowest BCUT2D eigenvalue weighted by atomic mass is 10.1. The summed E-state index contributed by atoms with van der Waals surface area (Å²) in [5, 5.41) is 0. The number of aromatic nitrogens is 2. The topological polar surface area (TPSA) is 7.76 Å². The van der Waals surface area contributed by atoms with Crippen molar-refractivity contribution in [3.8, 4) is 11.1 Å². The van der Waals surface area contributed by atoms with Gasteiger partial charge in [-0.2, -0.15) is 0 Å². The van der Waals surface area contributed by atoms with Gasteiger partial charge in [0.2, 0.25) is 0 Å². The number of pyridine rings is 2. The summed E-state index contributed by atoms with van der Waals surface area (Å²) < 4.78 is 4.52. The number of rotatable bonds is 13. The van der Waals surface area contributed by atoms with E-state index in [4.69, 9.17) is 0 Å². The largest absolute Gasteiger partial charge is 1.00 e. The molecule has 0 radical (unpaired) electrons. The Morgan fingerprint density at radius 1 is 0.536 bits per heavy atom. The average Bonchev–Trinajstić information content (AvgIpc) is 2.70. The van der Waals surface area contributed by atoms with E-state index in [0.29, 0.717) is 0 Å². The quantitative estimate of drug-likeness (QED) is 0.260. The minimum Gasteiger partial charge on any atom is -1.00 e. The lowest BCUT2D eigenvalue weighted by Crippen LogP contribution is -3.00. The summed E-state index contributed by atoms with van der Waals surface area (Å²) in [6.07, 6.45) is 22.7. The van der Waals surface area contributed by atoms with E-state index in [9.17, 15) is 0 Å². The highest BCUT2D eigenvalue weighted by Crippen LogP contribution is 2.15. The number of hydrogen-bond donors (Lipinski definition) is 0. The van der Waals surface area contributed by atoms with Crippen LogP contribution in [-0.4, -0.2) is 0 Å². The molecular weight excluding hydrogens is 476 g/mol. The van der Waals surface area contributed by atoms with Gasteiger partial charge in [0.15, 0.2) is 24.8 Å². The molecule has 0 aliphatic rings. The second-order valence-corrected chi connectivity index (χ2v) is 7.42. The average molecular weight is 514 g/mol. The van der Waals surface area contributed by atoms with Crippen molar-refractivity contribution in [3.05, 3.63) is 49.1 Å². The minimum absolute atomic E-state index is 0. The highest BCUT2D eigenvalue weighted by Gasteiger charge is 2.05. The van der Waals surface area contributed by atoms with Gasteiger partial charge in [0.1, 0.15) is 13.1 Å². The third kappa shape index (κ3) is 10.7. The van der Waals surface area contributed by atoms with Crippen LogP contribution in [0.3, 0.4) is 0 Å². The van der Waals surface area contributed by atoms with Gasteiger partial charge < -0.3 is 34.0 Å². The van der Waals surface area contributed by atoms with Gasteiger partial charge >= 0.3 is 0 Å². The molecule has 0 saturated heterocycles. The van der Waals surface area contributed by atoms with Gasteiger partial charge in [0.05, 0.1) is 0 Å². The van der Waals surface area contributed by atoms with Gasteiger partial charge in [0.25, 0.3) is 0 Å². The molecule has 0 amide bonds. The number of aryl methyl sites for hydroxylation is 2. The van der Waals surface area contributed by atoms with Gasteiger partial charge in [-0.15, -0.1) is 0 Å². The molecule has 0 unspecified atom stereocenters. The molecule has 0 spiro atoms. The van der Waals surface area contributed by atoms with Crippen LogP contribution in [0.25, 0.3) is 11.1 Å². The van der Waals surface area contributed by atoms with Crippen LogP contribution in [0.2, 0.25) is 0 Å². The van der Waals surface area contributed by atoms with Crippen LogP contribution in [0.1, 0.15) is 78.1 Å². The highest BCUT2D eigenvalue weighted by molar-refractivity contribution is 5.60. The Morgan fingerprint density at radius 3 is 1.36 bits per heavy atom. The maximum atomic E-state index is 2.32. The monoisotopic (exact) mass is 512 g/mol. The second-order valence-electron chi connectivity index (χ2n) is 7.42. The van der Waals surface area contributed by atoms with Crippen LogP contribution in [0, 0.1) is 0 Å². The smallest absolute Gasteiger partial charge is 0.169 e. The molecule has 158 valence electrons. The maximum Gasteiger partial charge on any atom is 0.169 e. The normalized spacial score (nSPS) is 10.2. The Labute approximate surface area is 193 Å². The molecule has 0 fully saturated rings. The number of nitrogens with zero attached hydrogens (tertiary/aromatic N) is 2. The molecule has 2 rings (SSSR count). The molecule has 2 heterocycles. The minimum atomic E-state index is 0. The van der Waals surface area contributed by atoms with E-state index in [0.717, 1.165) is 13.1 Å². The zero-order chi connectivity index (χ0) is 18.5. The summed E-state index contributed by atoms with van der Waals surface area (Å²) >= 11 is 0. The summed E-state index contributed by atoms with van der Waals surface area (Å²) in [6, 6.07) is 8.88. The molecule has 0 aliphatic carbocycles. The van der Waals surface area contributed by atoms with Crippen LogP contribution in [0.15, 0.2) is 49.1 Å². The van der Waals surface area contributed by atoms with Crippen LogP contribution in [0.5, 0.6) is 0 Å². The Bertz CT molecular complexity index is 597. The summed E-state index contributed by atoms with van der Waals surface area (Å²) in [6.45, 7) is 6.61. The fourth-order valence-corrected chi connectivity index (χ4v) is 3.44. The van der Waals surface area contributed by atoms with E-state index >= 15 is 0 Å². The number of halogens is 2. The zero-order valence-corrected chi connectivity index (χ0v) is 20.9. The van der Waals surface area contributed by atoms with E-state index in [2.05, 4.69) is 72.0 Å². The van der Waals surface area contributed by atoms with Crippen molar-refractivity contribution in [1.82, 2.24) is 0 Å². The van der Waals surface area contributed by atoms with Crippen molar-refractivity contribution in [1.29, 1.82) is 0 Å². The van der Waals surface area contributed by atoms with Crippen molar-refractivity contribution in [2.45, 2.75) is 91.1 Å². The number of hydrogen-bond acceptors (Lipinski definition) is 0. The lowest BCUT2D eigenvalue weighted by Gasteiger charge is -2.02. The predicted molar refractivity (Wildman–Crippen MR) is 110 cm³/mol. The van der Waals surface area contributed by atoms with Gasteiger partial charge in [0, 0.05) is 30.7 Å². The molecule has 2 nitrogen and oxygen atoms in total. The molecule has 0 saturated carbocycles. The fourth-order valence-electron chi connectivity index (χ4n) is 3.44. The molecular formula is C24H38Br2N2. The van der Waals surface area contributed by atoms with Gasteiger partial charge in [-0.1, -0.05) is 58.3 Å². The molecule has 0 aliphatic heterocycles. The van der Waals surface area contributed by atoms with Gasteiger partial charge in [-0.25, -0.2) is 9.13 Å². The summed E-state index contributed by atoms with van der Waals surface area (Å²) in [4.78, 5) is 0. The molecule has 4 heteroatoms. The Balaban J connectivity index is 0.00000364. The maximum absolute atomic E-state index is 2.32. The first-order valence-corrected chi connectivity index (χ1v) is 10.8. The SMILES string of the molecule is CCCCCCCCCCCC[n+]1ccc(-c2cc[n+](CC)cc2)cc1.[Br-].[Br-]. The van der Waals surface area contributed by atoms with E-state index in [-0.39, 0.29) is 34.0 Å². The first kappa shape index (κ1) is 27.3. The van der Waals surface area contributed by atoms with Crippen LogP contribution < -0.4 is 43.1 Å². The summed E-state index contributed by atoms with van der Waals surface area (Å²) in [7, 11) is 0. The zero-order valence-electron chi connectivity index (χ0n) is 17.8. The lowest BCUT2D eigenvalue weighted by molar-refractivity contribution is -0.697. The van der Waals surface area contributed by atoms with Crippen molar-refractivity contribution in [2.75, 3.05) is 0 Å². The molecule has 0 bridgehead atoms. The van der Waals surface area contributed by atoms with E-state index < -0.39 is 0 Å². The van der Waals surface area contributed by atoms with Crippen molar-refractivity contribution < 1.29 is 43.1 Å². The Hall–Kier alpha value is -0.740. The Morgan fingerprint density at radius 2 is 0.929 bits per heavy atom. The molecule has 0 atom stereocenters. The van der Waals surface area contributed by atoms with E-state index in [1.165, 1.54) is 75.3 Å². The second kappa shape index (κ2) is 17.1. The predicted octanol–water partition coefficient (Wildman–Crippen LogP) is -0.123. The van der Waals surface area contributed by atoms with Gasteiger partial charge in [-0.3, -0.25) is 0 Å². The molecule has 0 N–H and O–H groups in total. The molecule has 2 aromatic rings. The third-order valence-electron chi connectivity index (χ3n) is 5.25. The third-order valence-corrected chi connectivity index (χ3v) is 5.25. The van der Waals surface area contributed by atoms with Crippen LogP contribution >= 0.6 is 0 Å². The van der Waals surface area contributed by atoms with Crippen molar-refractivity contribution >= 4 is 0 Å². The fraction of sp³-hybridized carbons (Fsp3) is 0.583. The summed E-state index contributed by atoms with van der Waals surface area (Å²) in [5.74, 6) is 0. The van der Waals surface area contributed by atoms with Crippen LogP contribution in [-0.2, 0) is 13.1 Å². The highest BCUT2D eigenvalue weighted by atomic mass is 79.9. The number of unbranched alkanes of at least 4 members (excludes halogenated alkanes) is 9. The van der Waals surface area contributed by atoms with Gasteiger partial charge in [-0.05, 0) is 24.5 Å². The van der Waals surface area contributed by atoms with E-state index in [1.807, 2.05) is 0 Å². The molecule has 2 aromatic heterocycles. The van der Waals surface area contributed by atoms with E-state index in [1.54, 1.807) is 0 Å². The van der Waals surface area contributed by atoms with Crippen LogP contribution in [0.4, 0.5) is 0 Å². The molecule has 0 aromatic carbocycles. The Kier molecular flexibility index (Phi) is 16.7. The van der Waals surface area contributed by atoms with Crippen molar-refractivity contribution in [3.63, 3.8) is 0 Å². The summed E-state index contributed by atoms with van der Waals surface area (Å²) in [5.41, 5.74) is 2.59.